The van der Waals surface area contributed by atoms with E-state index in [9.17, 15) is 19.5 Å². The average molecular weight is 388 g/mol. The van der Waals surface area contributed by atoms with Gasteiger partial charge in [0.05, 0.1) is 17.9 Å². The zero-order chi connectivity index (χ0) is 20.1. The van der Waals surface area contributed by atoms with E-state index in [0.717, 1.165) is 31.5 Å². The SMILES string of the molecule is CCC(NC(=O)C1CCC1C(=O)O)c1ccccc1OCC(=O)N1CCCC1. The van der Waals surface area contributed by atoms with Crippen LogP contribution < -0.4 is 10.1 Å². The molecule has 3 rings (SSSR count). The standard InChI is InChI=1S/C21H28N2O5/c1-2-17(22-20(25)14-9-10-15(14)21(26)27)16-7-3-4-8-18(16)28-13-19(24)23-11-5-6-12-23/h3-4,7-8,14-15,17H,2,5-6,9-13H2,1H3,(H,22,25)(H,26,27). The summed E-state index contributed by atoms with van der Waals surface area (Å²) < 4.78 is 5.80. The van der Waals surface area contributed by atoms with Crippen molar-refractivity contribution in [1.29, 1.82) is 0 Å². The smallest absolute Gasteiger partial charge is 0.307 e. The topological polar surface area (TPSA) is 95.9 Å². The van der Waals surface area contributed by atoms with Crippen LogP contribution in [0.15, 0.2) is 24.3 Å². The molecule has 0 aromatic heterocycles. The zero-order valence-corrected chi connectivity index (χ0v) is 16.2. The van der Waals surface area contributed by atoms with Gasteiger partial charge in [-0.25, -0.2) is 0 Å². The van der Waals surface area contributed by atoms with Gasteiger partial charge in [0, 0.05) is 18.7 Å². The molecule has 1 aliphatic carbocycles. The molecule has 1 aliphatic heterocycles. The van der Waals surface area contributed by atoms with Gasteiger partial charge in [-0.1, -0.05) is 25.1 Å². The molecule has 3 atom stereocenters. The van der Waals surface area contributed by atoms with Gasteiger partial charge in [-0.3, -0.25) is 14.4 Å². The molecule has 1 saturated heterocycles. The molecule has 28 heavy (non-hydrogen) atoms. The second-order valence-corrected chi connectivity index (χ2v) is 7.51. The van der Waals surface area contributed by atoms with E-state index < -0.39 is 17.8 Å². The molecule has 1 saturated carbocycles. The minimum absolute atomic E-state index is 0.0227. The monoisotopic (exact) mass is 388 g/mol. The zero-order valence-electron chi connectivity index (χ0n) is 16.2. The van der Waals surface area contributed by atoms with Crippen LogP contribution in [-0.2, 0) is 14.4 Å². The van der Waals surface area contributed by atoms with Crippen LogP contribution in [0.2, 0.25) is 0 Å². The van der Waals surface area contributed by atoms with Gasteiger partial charge >= 0.3 is 5.97 Å². The van der Waals surface area contributed by atoms with Crippen molar-refractivity contribution in [1.82, 2.24) is 10.2 Å². The molecule has 0 radical (unpaired) electrons. The molecule has 2 amide bonds. The number of nitrogens with zero attached hydrogens (tertiary/aromatic N) is 1. The highest BCUT2D eigenvalue weighted by Gasteiger charge is 2.41. The van der Waals surface area contributed by atoms with Crippen molar-refractivity contribution < 1.29 is 24.2 Å². The third-order valence-corrected chi connectivity index (χ3v) is 5.76. The number of hydrogen-bond donors (Lipinski definition) is 2. The molecule has 7 nitrogen and oxygen atoms in total. The second kappa shape index (κ2) is 9.08. The number of carboxylic acids is 1. The number of amides is 2. The molecule has 0 bridgehead atoms. The fourth-order valence-corrected chi connectivity index (χ4v) is 3.89. The minimum atomic E-state index is -0.913. The highest BCUT2D eigenvalue weighted by molar-refractivity contribution is 5.86. The van der Waals surface area contributed by atoms with Gasteiger partial charge in [-0.2, -0.15) is 0 Å². The third kappa shape index (κ3) is 4.46. The van der Waals surface area contributed by atoms with E-state index in [0.29, 0.717) is 25.0 Å². The molecule has 2 N–H and O–H groups in total. The number of hydrogen-bond acceptors (Lipinski definition) is 4. The van der Waals surface area contributed by atoms with E-state index in [1.165, 1.54) is 0 Å². The van der Waals surface area contributed by atoms with Gasteiger partial charge < -0.3 is 20.1 Å². The summed E-state index contributed by atoms with van der Waals surface area (Å²) in [6.07, 6.45) is 3.84. The summed E-state index contributed by atoms with van der Waals surface area (Å²) in [4.78, 5) is 37.8. The van der Waals surface area contributed by atoms with Crippen molar-refractivity contribution in [2.45, 2.75) is 45.1 Å². The summed E-state index contributed by atoms with van der Waals surface area (Å²) in [7, 11) is 0. The van der Waals surface area contributed by atoms with Crippen LogP contribution in [0.1, 0.15) is 50.6 Å². The number of likely N-dealkylation sites (tertiary alicyclic amines) is 1. The summed E-state index contributed by atoms with van der Waals surface area (Å²) in [5.41, 5.74) is 0.804. The van der Waals surface area contributed by atoms with Crippen molar-refractivity contribution >= 4 is 17.8 Å². The van der Waals surface area contributed by atoms with Gasteiger partial charge in [0.25, 0.3) is 5.91 Å². The Kier molecular flexibility index (Phi) is 6.54. The van der Waals surface area contributed by atoms with Gasteiger partial charge in [0.2, 0.25) is 5.91 Å². The Morgan fingerprint density at radius 3 is 2.46 bits per heavy atom. The van der Waals surface area contributed by atoms with Gasteiger partial charge in [-0.05, 0) is 38.2 Å². The highest BCUT2D eigenvalue weighted by Crippen LogP contribution is 2.36. The van der Waals surface area contributed by atoms with Gasteiger partial charge in [-0.15, -0.1) is 0 Å². The van der Waals surface area contributed by atoms with Crippen LogP contribution in [0, 0.1) is 11.8 Å². The molecule has 2 aliphatic rings. The van der Waals surface area contributed by atoms with Crippen molar-refractivity contribution in [3.63, 3.8) is 0 Å². The number of ether oxygens (including phenoxy) is 1. The minimum Gasteiger partial charge on any atom is -0.483 e. The van der Waals surface area contributed by atoms with Crippen LogP contribution >= 0.6 is 0 Å². The van der Waals surface area contributed by atoms with E-state index in [-0.39, 0.29) is 24.5 Å². The Hall–Kier alpha value is -2.57. The van der Waals surface area contributed by atoms with Crippen molar-refractivity contribution in [2.75, 3.05) is 19.7 Å². The predicted octanol–water partition coefficient (Wildman–Crippen LogP) is 2.37. The molecule has 1 aromatic carbocycles. The Balaban J connectivity index is 1.64. The Bertz CT molecular complexity index is 729. The van der Waals surface area contributed by atoms with Crippen LogP contribution in [0.3, 0.4) is 0 Å². The fourth-order valence-electron chi connectivity index (χ4n) is 3.89. The number of carboxylic acid groups (broad SMARTS) is 1. The molecule has 0 spiro atoms. The molecular weight excluding hydrogens is 360 g/mol. The lowest BCUT2D eigenvalue weighted by molar-refractivity contribution is -0.153. The van der Waals surface area contributed by atoms with E-state index in [1.807, 2.05) is 30.0 Å². The number of carbonyl (C=O) groups is 3. The average Bonchev–Trinajstić information content (AvgIpc) is 3.18. The van der Waals surface area contributed by atoms with Gasteiger partial charge in [0.1, 0.15) is 5.75 Å². The Morgan fingerprint density at radius 2 is 1.86 bits per heavy atom. The summed E-state index contributed by atoms with van der Waals surface area (Å²) in [5.74, 6) is -1.66. The molecular formula is C21H28N2O5. The molecule has 2 fully saturated rings. The molecule has 1 aromatic rings. The van der Waals surface area contributed by atoms with Crippen LogP contribution in [0.5, 0.6) is 5.75 Å². The summed E-state index contributed by atoms with van der Waals surface area (Å²) >= 11 is 0. The molecule has 1 heterocycles. The first kappa shape index (κ1) is 20.2. The maximum atomic E-state index is 12.6. The first-order valence-electron chi connectivity index (χ1n) is 10.0. The summed E-state index contributed by atoms with van der Waals surface area (Å²) in [6, 6.07) is 7.08. The Morgan fingerprint density at radius 1 is 1.18 bits per heavy atom. The molecule has 3 unspecified atom stereocenters. The molecule has 7 heteroatoms. The summed E-state index contributed by atoms with van der Waals surface area (Å²) in [5, 5.41) is 12.2. The maximum Gasteiger partial charge on any atom is 0.307 e. The maximum absolute atomic E-state index is 12.6. The largest absolute Gasteiger partial charge is 0.483 e. The van der Waals surface area contributed by atoms with E-state index in [2.05, 4.69) is 5.32 Å². The molecule has 152 valence electrons. The van der Waals surface area contributed by atoms with Gasteiger partial charge in [0.15, 0.2) is 6.61 Å². The van der Waals surface area contributed by atoms with Crippen LogP contribution in [0.25, 0.3) is 0 Å². The quantitative estimate of drug-likeness (QED) is 0.713. The number of aliphatic carboxylic acids is 1. The number of para-hydroxylation sites is 1. The lowest BCUT2D eigenvalue weighted by Crippen LogP contribution is -2.45. The number of rotatable bonds is 8. The second-order valence-electron chi connectivity index (χ2n) is 7.51. The lowest BCUT2D eigenvalue weighted by Gasteiger charge is -2.33. The first-order valence-corrected chi connectivity index (χ1v) is 10.0. The fraction of sp³-hybridized carbons (Fsp3) is 0.571. The number of nitrogens with one attached hydrogen (secondary N) is 1. The first-order chi connectivity index (χ1) is 13.5. The third-order valence-electron chi connectivity index (χ3n) is 5.76. The normalized spacial score (nSPS) is 22.2. The van der Waals surface area contributed by atoms with Crippen molar-refractivity contribution in [3.05, 3.63) is 29.8 Å². The van der Waals surface area contributed by atoms with E-state index in [4.69, 9.17) is 4.74 Å². The van der Waals surface area contributed by atoms with Crippen molar-refractivity contribution in [2.24, 2.45) is 11.8 Å². The predicted molar refractivity (Wildman–Crippen MR) is 103 cm³/mol. The van der Waals surface area contributed by atoms with E-state index in [1.54, 1.807) is 6.07 Å². The van der Waals surface area contributed by atoms with E-state index >= 15 is 0 Å². The number of benzene rings is 1. The van der Waals surface area contributed by atoms with Crippen molar-refractivity contribution in [3.8, 4) is 5.75 Å². The Labute approximate surface area is 165 Å². The number of carbonyl (C=O) groups excluding carboxylic acids is 2. The summed E-state index contributed by atoms with van der Waals surface area (Å²) in [6.45, 7) is 3.49. The van der Waals surface area contributed by atoms with Crippen LogP contribution in [0.4, 0.5) is 0 Å². The lowest BCUT2D eigenvalue weighted by atomic mass is 9.73. The van der Waals surface area contributed by atoms with Crippen LogP contribution in [-0.4, -0.2) is 47.5 Å². The highest BCUT2D eigenvalue weighted by atomic mass is 16.5.